The Morgan fingerprint density at radius 1 is 0.648 bits per heavy atom. The van der Waals surface area contributed by atoms with Crippen molar-refractivity contribution >= 4 is 51.5 Å². The van der Waals surface area contributed by atoms with Crippen molar-refractivity contribution in [2.75, 3.05) is 57.4 Å². The van der Waals surface area contributed by atoms with Crippen LogP contribution in [0.1, 0.15) is 253 Å². The van der Waals surface area contributed by atoms with E-state index in [0.29, 0.717) is 40.7 Å². The number of sulfonamides is 1. The van der Waals surface area contributed by atoms with Crippen LogP contribution in [0.15, 0.2) is 40.1 Å². The average Bonchev–Trinajstić information content (AvgIpc) is 0.727. The number of unbranched alkanes of at least 4 members (excludes halogenated alkanes) is 24. The molecular weight excluding hydrogens is 1180 g/mol. The lowest BCUT2D eigenvalue weighted by Crippen LogP contribution is -2.45. The van der Waals surface area contributed by atoms with E-state index in [1.54, 1.807) is 0 Å². The van der Waals surface area contributed by atoms with Crippen LogP contribution in [0, 0.1) is 0 Å². The molecule has 3 aromatic rings. The summed E-state index contributed by atoms with van der Waals surface area (Å²) < 4.78 is 99.5. The molecule has 0 saturated carbocycles. The second kappa shape index (κ2) is 35.1. The summed E-state index contributed by atoms with van der Waals surface area (Å²) in [6.07, 6.45) is 36.0. The lowest BCUT2D eigenvalue weighted by molar-refractivity contribution is -0.245. The number of anilines is 1. The van der Waals surface area contributed by atoms with E-state index in [9.17, 15) is 40.8 Å². The molecule has 0 amide bonds. The van der Waals surface area contributed by atoms with E-state index >= 15 is 0 Å². The maximum Gasteiger partial charge on any atom is 0.376 e. The Morgan fingerprint density at radius 3 is 1.80 bits per heavy atom. The molecule has 0 aromatic heterocycles. The Bertz CT molecular complexity index is 3150. The van der Waals surface area contributed by atoms with Gasteiger partial charge in [-0.05, 0) is 81.2 Å². The minimum Gasteiger partial charge on any atom is -0.606 e. The quantitative estimate of drug-likeness (QED) is 0.0123. The highest BCUT2D eigenvalue weighted by atomic mass is 32.2. The first-order chi connectivity index (χ1) is 42.6. The summed E-state index contributed by atoms with van der Waals surface area (Å²) >= 11 is 0. The first kappa shape index (κ1) is 69.8. The summed E-state index contributed by atoms with van der Waals surface area (Å²) in [5.74, 6) is 0.283. The van der Waals surface area contributed by atoms with Gasteiger partial charge in [-0.15, -0.1) is 0 Å². The molecule has 0 saturated heterocycles. The van der Waals surface area contributed by atoms with Crippen LogP contribution in [0.2, 0.25) is 0 Å². The number of carbonyl (C=O) groups is 2. The zero-order valence-electron chi connectivity index (χ0n) is 53.0. The van der Waals surface area contributed by atoms with Crippen LogP contribution in [0.4, 0.5) is 5.69 Å². The van der Waals surface area contributed by atoms with Crippen molar-refractivity contribution in [2.24, 2.45) is 0 Å². The zero-order valence-corrected chi connectivity index (χ0v) is 55.6. The Morgan fingerprint density at radius 2 is 1.19 bits per heavy atom. The fourth-order valence-electron chi connectivity index (χ4n) is 13.7. The van der Waals surface area contributed by atoms with Crippen LogP contribution in [-0.2, 0) is 73.9 Å². The van der Waals surface area contributed by atoms with Gasteiger partial charge in [0.15, 0.2) is 6.10 Å². The molecule has 20 heteroatoms. The van der Waals surface area contributed by atoms with Crippen molar-refractivity contribution in [3.05, 3.63) is 74.3 Å². The molecule has 8 rings (SSSR count). The number of hydrogen-bond acceptors (Lipinski definition) is 14. The highest BCUT2D eigenvalue weighted by molar-refractivity contribution is 7.89. The predicted molar refractivity (Wildman–Crippen MR) is 344 cm³/mol. The number of nitrogens with zero attached hydrogens (tertiary/aromatic N) is 2. The van der Waals surface area contributed by atoms with Crippen molar-refractivity contribution in [3.8, 4) is 11.5 Å². The molecule has 0 spiro atoms. The second-order valence-electron chi connectivity index (χ2n) is 25.3. The van der Waals surface area contributed by atoms with Gasteiger partial charge in [-0.25, -0.2) is 17.7 Å². The Hall–Kier alpha value is -4.04. The largest absolute Gasteiger partial charge is 0.606 e. The fraction of sp³-hybridized carbons (Fsp3) is 0.691. The first-order valence-electron chi connectivity index (χ1n) is 34.1. The van der Waals surface area contributed by atoms with Crippen LogP contribution < -0.4 is 34.4 Å². The maximum atomic E-state index is 14.8. The number of aryl methyl sites for hydroxylation is 2. The van der Waals surface area contributed by atoms with Crippen LogP contribution in [0.5, 0.6) is 11.5 Å². The topological polar surface area (TPSA) is 230 Å². The third-order valence-corrected chi connectivity index (χ3v) is 21.6. The molecule has 5 heterocycles. The number of rotatable bonds is 42. The lowest BCUT2D eigenvalue weighted by atomic mass is 9.82. The van der Waals surface area contributed by atoms with Gasteiger partial charge < -0.3 is 24.0 Å². The summed E-state index contributed by atoms with van der Waals surface area (Å²) in [5, 5.41) is 1.87. The normalized spacial score (nSPS) is 16.3. The monoisotopic (exact) mass is 1280 g/mol. The van der Waals surface area contributed by atoms with Crippen molar-refractivity contribution in [3.63, 3.8) is 0 Å². The first-order valence-corrected chi connectivity index (χ1v) is 38.5. The predicted octanol–water partition coefficient (Wildman–Crippen LogP) is 12.1. The van der Waals surface area contributed by atoms with E-state index < -0.39 is 82.5 Å². The molecule has 0 radical (unpaired) electrons. The van der Waals surface area contributed by atoms with Gasteiger partial charge in [0, 0.05) is 84.1 Å². The highest BCUT2D eigenvalue weighted by Gasteiger charge is 2.38. The molecule has 5 aliphatic rings. The van der Waals surface area contributed by atoms with Gasteiger partial charge in [0.2, 0.25) is 15.4 Å². The minimum absolute atomic E-state index is 0.110. The molecule has 1 unspecified atom stereocenters. The molecule has 17 nitrogen and oxygen atoms in total. The molecule has 3 N–H and O–H groups in total. The van der Waals surface area contributed by atoms with Crippen molar-refractivity contribution in [1.82, 2.24) is 9.30 Å². The number of phosphoric acid groups is 1. The smallest absolute Gasteiger partial charge is 0.376 e. The van der Waals surface area contributed by atoms with Gasteiger partial charge in [0.1, 0.15) is 44.4 Å². The van der Waals surface area contributed by atoms with E-state index in [0.717, 1.165) is 151 Å². The molecule has 2 atom stereocenters. The number of hydrogen-bond donors (Lipinski definition) is 3. The summed E-state index contributed by atoms with van der Waals surface area (Å²) in [6.45, 7) is 5.89. The molecule has 490 valence electrons. The molecule has 3 aromatic carbocycles. The van der Waals surface area contributed by atoms with Gasteiger partial charge in [0.25, 0.3) is 10.1 Å². The molecule has 88 heavy (non-hydrogen) atoms. The van der Waals surface area contributed by atoms with Crippen LogP contribution in [0.3, 0.4) is 0 Å². The lowest BCUT2D eigenvalue weighted by Gasteiger charge is -2.39. The number of phosphoric ester groups is 1. The number of nitrogens with one attached hydrogen (secondary N) is 1. The van der Waals surface area contributed by atoms with Gasteiger partial charge in [0.05, 0.1) is 15.4 Å². The van der Waals surface area contributed by atoms with E-state index in [4.69, 9.17) is 23.3 Å². The van der Waals surface area contributed by atoms with E-state index in [1.807, 2.05) is 0 Å². The molecule has 0 fully saturated rings. The molecule has 0 aliphatic carbocycles. The van der Waals surface area contributed by atoms with E-state index in [1.165, 1.54) is 132 Å². The third kappa shape index (κ3) is 20.2. The third-order valence-electron chi connectivity index (χ3n) is 18.3. The highest BCUT2D eigenvalue weighted by Crippen LogP contribution is 2.50. The zero-order chi connectivity index (χ0) is 62.4. The number of ether oxygens (including phenoxy) is 3. The molecule has 5 aliphatic heterocycles. The standard InChI is InChI=1S/C68H102N3O14PS2/c1-3-5-7-9-11-13-15-17-19-21-23-25-27-37-62(72)81-50-54(84-63(73)38-28-26-24-22-20-18-16-14-12-10-8-6-4-2)51-83-86(74,75)82-46-41-69-87(76,77)61-49-55(88(78,79)80)39-40-56(61)64-59-47-52-33-29-42-70-44-31-35-57(65(52)70)67(59)85-68-58-36-32-45-71-43-30-34-53(66(58)71)48-60(64)68/h39-40,47-49,54,69H,3-38,41-46,50-51H2,1-2H3,(H-,74,75,78,79,80)/p+1/t54-/m1/s1. The van der Waals surface area contributed by atoms with E-state index in [-0.39, 0.29) is 18.4 Å². The molecular formula is C68H103N3O14PS2+. The number of fused-ring (bicyclic) bond motifs is 4. The molecule has 0 bridgehead atoms. The van der Waals surface area contributed by atoms with Crippen molar-refractivity contribution < 1.29 is 64.0 Å². The van der Waals surface area contributed by atoms with Crippen molar-refractivity contribution in [2.45, 2.75) is 261 Å². The fourth-order valence-corrected chi connectivity index (χ4v) is 16.3. The van der Waals surface area contributed by atoms with Gasteiger partial charge in [-0.1, -0.05) is 174 Å². The summed E-state index contributed by atoms with van der Waals surface area (Å²) in [4.78, 5) is 51.9. The second-order valence-corrected chi connectivity index (χ2v) is 29.9. The average molecular weight is 1280 g/mol. The number of carbonyl (C=O) groups excluding carboxylic acids is 2. The van der Waals surface area contributed by atoms with Gasteiger partial charge in [-0.3, -0.25) is 14.1 Å². The van der Waals surface area contributed by atoms with Crippen LogP contribution >= 0.6 is 8.17 Å². The van der Waals surface area contributed by atoms with Gasteiger partial charge in [-0.2, -0.15) is 22.4 Å². The number of benzene rings is 3. The maximum absolute atomic E-state index is 14.8. The number of esters is 2. The SMILES string of the molecule is CCCCCCCCCCCCCCCC(=O)OC[C@H](CO[P+]([O-])(O)OCCNS(=O)(=O)c1cc(S(=O)(=O)O)ccc1C1=c2cc3c4c(c2Oc2c1cc1c5c2CCCN5CCC1)CCC[N+]=4CCC3)OC(=O)CCCCCCCCCCCCCCC. The van der Waals surface area contributed by atoms with Crippen LogP contribution in [0.25, 0.3) is 5.57 Å². The van der Waals surface area contributed by atoms with E-state index in [2.05, 4.69) is 40.2 Å². The van der Waals surface area contributed by atoms with Gasteiger partial charge >= 0.3 is 20.1 Å². The Balaban J connectivity index is 0.907. The summed E-state index contributed by atoms with van der Waals surface area (Å²) in [5.41, 5.74) is 7.03. The summed E-state index contributed by atoms with van der Waals surface area (Å²) in [6, 6.07) is 7.77. The minimum atomic E-state index is -4.96. The Labute approximate surface area is 526 Å². The van der Waals surface area contributed by atoms with Crippen LogP contribution in [-0.4, -0.2) is 96.9 Å². The van der Waals surface area contributed by atoms with Crippen molar-refractivity contribution in [1.29, 1.82) is 0 Å². The Kier molecular flexibility index (Phi) is 27.9. The summed E-state index contributed by atoms with van der Waals surface area (Å²) in [7, 11) is -14.6.